The molecular weight excluding hydrogens is 373 g/mol. The summed E-state index contributed by atoms with van der Waals surface area (Å²) in [6.45, 7) is 7.00. The lowest BCUT2D eigenvalue weighted by Gasteiger charge is -2.40. The molecule has 0 bridgehead atoms. The lowest BCUT2D eigenvalue weighted by Crippen LogP contribution is -2.54. The van der Waals surface area contributed by atoms with E-state index in [1.165, 1.54) is 22.8 Å². The number of hydrogen-bond acceptors (Lipinski definition) is 5. The monoisotopic (exact) mass is 393 g/mol. The number of pyridine rings is 1. The van der Waals surface area contributed by atoms with Gasteiger partial charge in [0.25, 0.3) is 0 Å². The van der Waals surface area contributed by atoms with Gasteiger partial charge in [-0.05, 0) is 37.3 Å². The summed E-state index contributed by atoms with van der Waals surface area (Å²) in [5.41, 5.74) is -0.160. The van der Waals surface area contributed by atoms with Gasteiger partial charge in [-0.1, -0.05) is 18.7 Å². The van der Waals surface area contributed by atoms with Crippen LogP contribution in [-0.4, -0.2) is 51.0 Å². The fourth-order valence-corrected chi connectivity index (χ4v) is 3.71. The number of hydrogen-bond donors (Lipinski definition) is 0. The Morgan fingerprint density at radius 1 is 1.24 bits per heavy atom. The van der Waals surface area contributed by atoms with Gasteiger partial charge in [0, 0.05) is 31.9 Å². The van der Waals surface area contributed by atoms with E-state index < -0.39 is 11.5 Å². The molecule has 1 aromatic carbocycles. The van der Waals surface area contributed by atoms with Crippen molar-refractivity contribution in [2.24, 2.45) is 0 Å². The van der Waals surface area contributed by atoms with Crippen LogP contribution in [0.5, 0.6) is 0 Å². The van der Waals surface area contributed by atoms with Crippen molar-refractivity contribution in [3.05, 3.63) is 71.6 Å². The first-order chi connectivity index (χ1) is 14.0. The number of aromatic nitrogens is 3. The molecule has 1 atom stereocenters. The molecule has 148 valence electrons. The molecule has 0 radical (unpaired) electrons. The lowest BCUT2D eigenvalue weighted by molar-refractivity contribution is -0.126. The van der Waals surface area contributed by atoms with Gasteiger partial charge in [0.1, 0.15) is 11.6 Å². The fourth-order valence-electron chi connectivity index (χ4n) is 3.71. The molecule has 7 nitrogen and oxygen atoms in total. The van der Waals surface area contributed by atoms with E-state index in [2.05, 4.69) is 16.5 Å². The van der Waals surface area contributed by atoms with Crippen molar-refractivity contribution >= 4 is 22.8 Å². The van der Waals surface area contributed by atoms with Gasteiger partial charge in [-0.25, -0.2) is 18.7 Å². The van der Waals surface area contributed by atoms with Crippen LogP contribution in [0.3, 0.4) is 0 Å². The minimum atomic E-state index is -0.604. The zero-order chi connectivity index (χ0) is 20.5. The van der Waals surface area contributed by atoms with Crippen molar-refractivity contribution in [1.82, 2.24) is 19.4 Å². The van der Waals surface area contributed by atoms with Crippen LogP contribution in [0.1, 0.15) is 6.92 Å². The highest BCUT2D eigenvalue weighted by atomic mass is 19.1. The highest BCUT2D eigenvalue weighted by molar-refractivity contribution is 5.89. The highest BCUT2D eigenvalue weighted by Crippen LogP contribution is 2.27. The van der Waals surface area contributed by atoms with Crippen LogP contribution >= 0.6 is 0 Å². The number of fused-ring (bicyclic) bond motifs is 1. The maximum atomic E-state index is 14.4. The van der Waals surface area contributed by atoms with Crippen LogP contribution in [0.2, 0.25) is 0 Å². The van der Waals surface area contributed by atoms with E-state index in [9.17, 15) is 14.0 Å². The molecule has 3 aromatic rings. The minimum absolute atomic E-state index is 0.0627. The second kappa shape index (κ2) is 7.46. The van der Waals surface area contributed by atoms with E-state index >= 15 is 0 Å². The number of nitrogens with zero attached hydrogens (tertiary/aromatic N) is 5. The summed E-state index contributed by atoms with van der Waals surface area (Å²) in [4.78, 5) is 37.2. The van der Waals surface area contributed by atoms with Gasteiger partial charge in [-0.2, -0.15) is 4.98 Å². The average molecular weight is 393 g/mol. The third-order valence-electron chi connectivity index (χ3n) is 5.11. The smallest absolute Gasteiger partial charge is 0.350 e. The predicted octanol–water partition coefficient (Wildman–Crippen LogP) is 2.14. The normalized spacial score (nSPS) is 16.8. The second-order valence-corrected chi connectivity index (χ2v) is 6.91. The maximum absolute atomic E-state index is 14.4. The van der Waals surface area contributed by atoms with Crippen molar-refractivity contribution in [3.8, 4) is 5.69 Å². The maximum Gasteiger partial charge on any atom is 0.355 e. The minimum Gasteiger partial charge on any atom is -0.350 e. The van der Waals surface area contributed by atoms with E-state index in [-0.39, 0.29) is 17.6 Å². The molecule has 1 amide bonds. The third-order valence-corrected chi connectivity index (χ3v) is 5.11. The summed E-state index contributed by atoms with van der Waals surface area (Å²) >= 11 is 0. The number of anilines is 1. The molecule has 0 spiro atoms. The number of piperazine rings is 1. The topological polar surface area (TPSA) is 71.3 Å². The second-order valence-electron chi connectivity index (χ2n) is 6.91. The number of para-hydroxylation sites is 1. The Labute approximate surface area is 166 Å². The molecule has 1 saturated heterocycles. The van der Waals surface area contributed by atoms with Crippen LogP contribution < -0.4 is 10.6 Å². The summed E-state index contributed by atoms with van der Waals surface area (Å²) in [6.07, 6.45) is 2.86. The Kier molecular flexibility index (Phi) is 4.84. The summed E-state index contributed by atoms with van der Waals surface area (Å²) in [5, 5.41) is 0.644. The van der Waals surface area contributed by atoms with Crippen molar-refractivity contribution in [2.75, 3.05) is 24.5 Å². The predicted molar refractivity (Wildman–Crippen MR) is 109 cm³/mol. The molecular formula is C21H20FN5O2. The molecule has 3 heterocycles. The van der Waals surface area contributed by atoms with E-state index in [0.717, 1.165) is 0 Å². The first-order valence-electron chi connectivity index (χ1n) is 9.32. The summed E-state index contributed by atoms with van der Waals surface area (Å²) < 4.78 is 15.6. The van der Waals surface area contributed by atoms with E-state index in [1.807, 2.05) is 17.9 Å². The number of benzene rings is 1. The zero-order valence-corrected chi connectivity index (χ0v) is 16.0. The number of rotatable bonds is 3. The van der Waals surface area contributed by atoms with Crippen molar-refractivity contribution in [3.63, 3.8) is 0 Å². The number of amides is 1. The van der Waals surface area contributed by atoms with Crippen LogP contribution in [0.15, 0.2) is 60.0 Å². The van der Waals surface area contributed by atoms with E-state index in [0.29, 0.717) is 36.5 Å². The van der Waals surface area contributed by atoms with E-state index in [1.54, 1.807) is 29.3 Å². The van der Waals surface area contributed by atoms with Gasteiger partial charge in [-0.3, -0.25) is 4.79 Å². The molecule has 1 aliphatic heterocycles. The van der Waals surface area contributed by atoms with Crippen LogP contribution in [-0.2, 0) is 4.79 Å². The number of carbonyl (C=O) groups excluding carboxylic acids is 1. The molecule has 2 aromatic heterocycles. The van der Waals surface area contributed by atoms with Gasteiger partial charge in [-0.15, -0.1) is 0 Å². The molecule has 0 saturated carbocycles. The molecule has 0 N–H and O–H groups in total. The zero-order valence-electron chi connectivity index (χ0n) is 16.0. The number of halogens is 1. The highest BCUT2D eigenvalue weighted by Gasteiger charge is 2.29. The van der Waals surface area contributed by atoms with Crippen LogP contribution in [0.25, 0.3) is 16.7 Å². The Morgan fingerprint density at radius 3 is 2.76 bits per heavy atom. The van der Waals surface area contributed by atoms with Gasteiger partial charge in [0.15, 0.2) is 5.65 Å². The molecule has 8 heteroatoms. The molecule has 0 aliphatic carbocycles. The SMILES string of the molecule is C=CC(=O)N1CCN(c2nc(=O)n(-c3ccccc3F)c3ncccc23)C(C)C1. The Bertz CT molecular complexity index is 1160. The largest absolute Gasteiger partial charge is 0.355 e. The van der Waals surface area contributed by atoms with Gasteiger partial charge < -0.3 is 9.80 Å². The first kappa shape index (κ1) is 18.8. The standard InChI is InChI=1S/C21H20FN5O2/c1-3-18(28)25-11-12-26(14(2)13-25)20-15-7-6-10-23-19(15)27(21(29)24-20)17-9-5-4-8-16(17)22/h3-10,14H,1,11-13H2,2H3. The third kappa shape index (κ3) is 3.26. The molecule has 1 unspecified atom stereocenters. The van der Waals surface area contributed by atoms with Crippen molar-refractivity contribution < 1.29 is 9.18 Å². The Morgan fingerprint density at radius 2 is 2.03 bits per heavy atom. The molecule has 1 aliphatic rings. The first-order valence-corrected chi connectivity index (χ1v) is 9.32. The average Bonchev–Trinajstić information content (AvgIpc) is 2.73. The fraction of sp³-hybridized carbons (Fsp3) is 0.238. The van der Waals surface area contributed by atoms with Gasteiger partial charge >= 0.3 is 5.69 Å². The Balaban J connectivity index is 1.83. The lowest BCUT2D eigenvalue weighted by atomic mass is 10.1. The Hall–Kier alpha value is -3.55. The molecule has 4 rings (SSSR count). The van der Waals surface area contributed by atoms with Crippen LogP contribution in [0.4, 0.5) is 10.2 Å². The van der Waals surface area contributed by atoms with Crippen molar-refractivity contribution in [1.29, 1.82) is 0 Å². The molecule has 1 fully saturated rings. The van der Waals surface area contributed by atoms with Gasteiger partial charge in [0.05, 0.1) is 11.1 Å². The van der Waals surface area contributed by atoms with Gasteiger partial charge in [0.2, 0.25) is 5.91 Å². The van der Waals surface area contributed by atoms with E-state index in [4.69, 9.17) is 0 Å². The number of carbonyl (C=O) groups is 1. The summed E-state index contributed by atoms with van der Waals surface area (Å²) in [5.74, 6) is -0.157. The van der Waals surface area contributed by atoms with Crippen molar-refractivity contribution in [2.45, 2.75) is 13.0 Å². The summed E-state index contributed by atoms with van der Waals surface area (Å²) in [7, 11) is 0. The van der Waals surface area contributed by atoms with Crippen LogP contribution in [0, 0.1) is 5.82 Å². The summed E-state index contributed by atoms with van der Waals surface area (Å²) in [6, 6.07) is 9.55. The molecule has 29 heavy (non-hydrogen) atoms. The quantitative estimate of drug-likeness (QED) is 0.638.